The van der Waals surface area contributed by atoms with Crippen LogP contribution >= 0.6 is 0 Å². The fourth-order valence-electron chi connectivity index (χ4n) is 4.77. The average Bonchev–Trinajstić information content (AvgIpc) is 2.67. The minimum atomic E-state index is -0.594. The monoisotopic (exact) mass is 422 g/mol. The van der Waals surface area contributed by atoms with E-state index in [0.29, 0.717) is 19.0 Å². The molecule has 2 fully saturated rings. The van der Waals surface area contributed by atoms with Gasteiger partial charge < -0.3 is 14.7 Å². The molecule has 1 aromatic rings. The Bertz CT molecular complexity index is 799. The summed E-state index contributed by atoms with van der Waals surface area (Å²) in [4.78, 5) is 26.4. The van der Waals surface area contributed by atoms with Crippen LogP contribution in [0.25, 0.3) is 0 Å². The Morgan fingerprint density at radius 3 is 2.23 bits per heavy atom. The molecule has 0 bridgehead atoms. The number of anilines is 1. The molecule has 2 aliphatic heterocycles. The number of hydrogen-bond acceptors (Lipinski definition) is 8. The standard InChI is InChI=1S/C20H30N4O6/c1-13-9-21(10-14(2)30-13)11-16-4-6-22(7-5-16)20-18(23(26)27)8-17(12-25)15(3)19(20)24(28)29/h8,13-14,16,25H,4-7,9-12H2,1-3H3. The molecule has 3 rings (SSSR count). The first kappa shape index (κ1) is 22.4. The molecule has 30 heavy (non-hydrogen) atoms. The van der Waals surface area contributed by atoms with E-state index in [1.54, 1.807) is 4.90 Å². The van der Waals surface area contributed by atoms with Gasteiger partial charge in [0.2, 0.25) is 0 Å². The zero-order valence-electron chi connectivity index (χ0n) is 17.7. The van der Waals surface area contributed by atoms with E-state index in [9.17, 15) is 25.3 Å². The molecule has 2 atom stereocenters. The number of ether oxygens (including phenoxy) is 1. The number of morpholine rings is 1. The number of nitro groups is 2. The summed E-state index contributed by atoms with van der Waals surface area (Å²) in [5, 5.41) is 32.9. The van der Waals surface area contributed by atoms with E-state index in [0.717, 1.165) is 32.5 Å². The van der Waals surface area contributed by atoms with Gasteiger partial charge in [-0.15, -0.1) is 0 Å². The zero-order chi connectivity index (χ0) is 22.0. The molecular formula is C20H30N4O6. The number of piperidine rings is 1. The van der Waals surface area contributed by atoms with Crippen molar-refractivity contribution in [2.75, 3.05) is 37.6 Å². The average molecular weight is 422 g/mol. The van der Waals surface area contributed by atoms with Gasteiger partial charge in [0.1, 0.15) is 0 Å². The molecule has 10 heteroatoms. The van der Waals surface area contributed by atoms with E-state index < -0.39 is 16.5 Å². The fraction of sp³-hybridized carbons (Fsp3) is 0.700. The Hall–Kier alpha value is -2.30. The third kappa shape index (κ3) is 4.71. The Labute approximate surface area is 175 Å². The molecule has 0 aliphatic carbocycles. The molecule has 0 saturated carbocycles. The van der Waals surface area contributed by atoms with E-state index in [1.165, 1.54) is 13.0 Å². The van der Waals surface area contributed by atoms with Crippen molar-refractivity contribution in [2.24, 2.45) is 5.92 Å². The second kappa shape index (κ2) is 9.23. The van der Waals surface area contributed by atoms with Crippen LogP contribution in [0.1, 0.15) is 37.8 Å². The predicted octanol–water partition coefficient (Wildman–Crippen LogP) is 2.63. The maximum atomic E-state index is 11.8. The summed E-state index contributed by atoms with van der Waals surface area (Å²) in [5.41, 5.74) is -0.0379. The number of nitro benzene ring substituents is 2. The van der Waals surface area contributed by atoms with E-state index >= 15 is 0 Å². The van der Waals surface area contributed by atoms with Crippen LogP contribution in [0, 0.1) is 33.1 Å². The minimum Gasteiger partial charge on any atom is -0.392 e. The Morgan fingerprint density at radius 1 is 1.13 bits per heavy atom. The largest absolute Gasteiger partial charge is 0.392 e. The quantitative estimate of drug-likeness (QED) is 0.548. The molecule has 10 nitrogen and oxygen atoms in total. The number of hydrogen-bond donors (Lipinski definition) is 1. The molecule has 0 spiro atoms. The van der Waals surface area contributed by atoms with Gasteiger partial charge in [-0.2, -0.15) is 0 Å². The van der Waals surface area contributed by atoms with Gasteiger partial charge >= 0.3 is 5.69 Å². The maximum absolute atomic E-state index is 11.8. The lowest BCUT2D eigenvalue weighted by molar-refractivity contribution is -0.393. The van der Waals surface area contributed by atoms with Crippen molar-refractivity contribution in [3.63, 3.8) is 0 Å². The van der Waals surface area contributed by atoms with E-state index in [-0.39, 0.29) is 40.4 Å². The highest BCUT2D eigenvalue weighted by molar-refractivity contribution is 5.79. The Balaban J connectivity index is 1.78. The highest BCUT2D eigenvalue weighted by Crippen LogP contribution is 2.43. The van der Waals surface area contributed by atoms with Crippen LogP contribution in [0.2, 0.25) is 0 Å². The normalized spacial score (nSPS) is 23.5. The van der Waals surface area contributed by atoms with Gasteiger partial charge in [0.15, 0.2) is 5.69 Å². The first-order valence-electron chi connectivity index (χ1n) is 10.4. The Kier molecular flexibility index (Phi) is 6.89. The predicted molar refractivity (Wildman–Crippen MR) is 112 cm³/mol. The van der Waals surface area contributed by atoms with Crippen LogP contribution in [0.3, 0.4) is 0 Å². The second-order valence-electron chi connectivity index (χ2n) is 8.46. The maximum Gasteiger partial charge on any atom is 0.302 e. The highest BCUT2D eigenvalue weighted by Gasteiger charge is 2.36. The van der Waals surface area contributed by atoms with Crippen molar-refractivity contribution in [3.05, 3.63) is 37.4 Å². The van der Waals surface area contributed by atoms with Crippen molar-refractivity contribution in [2.45, 2.75) is 52.4 Å². The van der Waals surface area contributed by atoms with Crippen molar-refractivity contribution >= 4 is 17.1 Å². The number of aliphatic hydroxyl groups is 1. The molecule has 1 N–H and O–H groups in total. The summed E-state index contributed by atoms with van der Waals surface area (Å²) < 4.78 is 5.79. The molecular weight excluding hydrogens is 392 g/mol. The van der Waals surface area contributed by atoms with Crippen molar-refractivity contribution in [1.29, 1.82) is 0 Å². The van der Waals surface area contributed by atoms with Crippen LogP contribution < -0.4 is 4.90 Å². The van der Waals surface area contributed by atoms with Crippen molar-refractivity contribution in [1.82, 2.24) is 4.90 Å². The molecule has 2 aliphatic rings. The highest BCUT2D eigenvalue weighted by atomic mass is 16.6. The van der Waals surface area contributed by atoms with Crippen molar-refractivity contribution < 1.29 is 19.7 Å². The number of benzene rings is 1. The van der Waals surface area contributed by atoms with Gasteiger partial charge in [0.05, 0.1) is 28.7 Å². The molecule has 2 heterocycles. The van der Waals surface area contributed by atoms with Crippen LogP contribution in [-0.4, -0.2) is 64.8 Å². The lowest BCUT2D eigenvalue weighted by Crippen LogP contribution is -2.48. The fourth-order valence-corrected chi connectivity index (χ4v) is 4.77. The molecule has 166 valence electrons. The number of aliphatic hydroxyl groups excluding tert-OH is 1. The molecule has 0 amide bonds. The van der Waals surface area contributed by atoms with Gasteiger partial charge in [0, 0.05) is 44.4 Å². The molecule has 2 unspecified atom stereocenters. The lowest BCUT2D eigenvalue weighted by Gasteiger charge is -2.39. The van der Waals surface area contributed by atoms with E-state index in [4.69, 9.17) is 4.74 Å². The SMILES string of the molecule is Cc1c(CO)cc([N+](=O)[O-])c(N2CCC(CN3CC(C)OC(C)C3)CC2)c1[N+](=O)[O-]. The lowest BCUT2D eigenvalue weighted by atomic mass is 9.94. The first-order chi connectivity index (χ1) is 14.2. The van der Waals surface area contributed by atoms with Crippen LogP contribution in [0.5, 0.6) is 0 Å². The van der Waals surface area contributed by atoms with Gasteiger partial charge in [-0.05, 0) is 45.1 Å². The van der Waals surface area contributed by atoms with Crippen LogP contribution in [0.15, 0.2) is 6.07 Å². The first-order valence-corrected chi connectivity index (χ1v) is 10.4. The third-order valence-electron chi connectivity index (χ3n) is 6.11. The smallest absolute Gasteiger partial charge is 0.302 e. The van der Waals surface area contributed by atoms with E-state index in [2.05, 4.69) is 18.7 Å². The molecule has 0 aromatic heterocycles. The molecule has 0 radical (unpaired) electrons. The summed E-state index contributed by atoms with van der Waals surface area (Å²) in [6.07, 6.45) is 2.03. The molecule has 2 saturated heterocycles. The Morgan fingerprint density at radius 2 is 1.73 bits per heavy atom. The summed E-state index contributed by atoms with van der Waals surface area (Å²) in [6, 6.07) is 1.26. The van der Waals surface area contributed by atoms with Gasteiger partial charge in [-0.1, -0.05) is 0 Å². The third-order valence-corrected chi connectivity index (χ3v) is 6.11. The summed E-state index contributed by atoms with van der Waals surface area (Å²) in [5.74, 6) is 0.440. The van der Waals surface area contributed by atoms with Gasteiger partial charge in [0.25, 0.3) is 5.69 Å². The topological polar surface area (TPSA) is 122 Å². The molecule has 1 aromatic carbocycles. The van der Waals surface area contributed by atoms with Crippen LogP contribution in [0.4, 0.5) is 17.1 Å². The second-order valence-corrected chi connectivity index (χ2v) is 8.46. The van der Waals surface area contributed by atoms with Gasteiger partial charge in [-0.25, -0.2) is 0 Å². The summed E-state index contributed by atoms with van der Waals surface area (Å²) in [6.45, 7) is 8.98. The van der Waals surface area contributed by atoms with Crippen molar-refractivity contribution in [3.8, 4) is 0 Å². The van der Waals surface area contributed by atoms with Crippen LogP contribution in [-0.2, 0) is 11.3 Å². The number of nitrogens with zero attached hydrogens (tertiary/aromatic N) is 4. The summed E-state index contributed by atoms with van der Waals surface area (Å²) >= 11 is 0. The number of rotatable bonds is 6. The summed E-state index contributed by atoms with van der Waals surface area (Å²) in [7, 11) is 0. The zero-order valence-corrected chi connectivity index (χ0v) is 17.7. The van der Waals surface area contributed by atoms with Gasteiger partial charge in [-0.3, -0.25) is 25.1 Å². The van der Waals surface area contributed by atoms with E-state index in [1.807, 2.05) is 0 Å². The minimum absolute atomic E-state index is 0.0618.